The molecule has 0 amide bonds. The molecule has 25 heavy (non-hydrogen) atoms. The molecule has 0 N–H and O–H groups in total. The number of carbonyl (C=O) groups is 2. The molecule has 0 aliphatic heterocycles. The first kappa shape index (κ1) is 17.0. The van der Waals surface area contributed by atoms with Crippen molar-refractivity contribution >= 4 is 22.7 Å². The van der Waals surface area contributed by atoms with Gasteiger partial charge in [0, 0.05) is 23.0 Å². The molecule has 128 valence electrons. The fraction of sp³-hybridized carbons (Fsp3) is 0.238. The number of esters is 1. The molecule has 4 heteroatoms. The zero-order chi connectivity index (χ0) is 18.0. The normalized spacial score (nSPS) is 10.8. The number of aromatic nitrogens is 1. The highest BCUT2D eigenvalue weighted by Crippen LogP contribution is 2.35. The van der Waals surface area contributed by atoms with Gasteiger partial charge in [-0.15, -0.1) is 0 Å². The summed E-state index contributed by atoms with van der Waals surface area (Å²) in [5.41, 5.74) is 3.82. The van der Waals surface area contributed by atoms with Crippen LogP contribution in [0, 0.1) is 0 Å². The molecular formula is C21H21NO3. The Hall–Kier alpha value is -2.88. The van der Waals surface area contributed by atoms with E-state index in [0.29, 0.717) is 24.3 Å². The quantitative estimate of drug-likeness (QED) is 0.501. The molecule has 3 aromatic rings. The summed E-state index contributed by atoms with van der Waals surface area (Å²) < 4.78 is 7.42. The number of rotatable bonds is 5. The molecule has 1 aromatic heterocycles. The van der Waals surface area contributed by atoms with Crippen molar-refractivity contribution < 1.29 is 14.3 Å². The highest BCUT2D eigenvalue weighted by molar-refractivity contribution is 6.12. The Morgan fingerprint density at radius 2 is 1.76 bits per heavy atom. The largest absolute Gasteiger partial charge is 0.462 e. The first-order valence-corrected chi connectivity index (χ1v) is 8.48. The second kappa shape index (κ2) is 6.93. The van der Waals surface area contributed by atoms with Gasteiger partial charge in [0.2, 0.25) is 0 Å². The second-order valence-corrected chi connectivity index (χ2v) is 5.84. The van der Waals surface area contributed by atoms with Crippen LogP contribution in [0.15, 0.2) is 48.5 Å². The van der Waals surface area contributed by atoms with Crippen LogP contribution in [0.5, 0.6) is 0 Å². The van der Waals surface area contributed by atoms with E-state index in [1.165, 1.54) is 6.92 Å². The van der Waals surface area contributed by atoms with Crippen LogP contribution in [0.4, 0.5) is 0 Å². The monoisotopic (exact) mass is 335 g/mol. The number of ether oxygens (including phenoxy) is 1. The van der Waals surface area contributed by atoms with Gasteiger partial charge in [0.1, 0.15) is 0 Å². The number of fused-ring (bicyclic) bond motifs is 1. The Kier molecular flexibility index (Phi) is 4.70. The highest BCUT2D eigenvalue weighted by atomic mass is 16.5. The smallest absolute Gasteiger partial charge is 0.340 e. The zero-order valence-corrected chi connectivity index (χ0v) is 14.7. The summed E-state index contributed by atoms with van der Waals surface area (Å²) in [7, 11) is 0. The molecule has 2 aromatic carbocycles. The van der Waals surface area contributed by atoms with Gasteiger partial charge in [-0.3, -0.25) is 4.79 Å². The molecule has 0 radical (unpaired) electrons. The van der Waals surface area contributed by atoms with E-state index in [9.17, 15) is 9.59 Å². The van der Waals surface area contributed by atoms with E-state index < -0.39 is 0 Å². The van der Waals surface area contributed by atoms with E-state index in [1.54, 1.807) is 19.1 Å². The highest BCUT2D eigenvalue weighted by Gasteiger charge is 2.24. The summed E-state index contributed by atoms with van der Waals surface area (Å²) >= 11 is 0. The molecule has 4 nitrogen and oxygen atoms in total. The predicted octanol–water partition coefficient (Wildman–Crippen LogP) is 4.71. The van der Waals surface area contributed by atoms with Crippen LogP contribution in [0.1, 0.15) is 41.5 Å². The van der Waals surface area contributed by atoms with Gasteiger partial charge in [0.25, 0.3) is 0 Å². The maximum Gasteiger partial charge on any atom is 0.340 e. The molecule has 0 fully saturated rings. The predicted molar refractivity (Wildman–Crippen MR) is 99.0 cm³/mol. The standard InChI is InChI=1S/C21H21NO3/c1-4-22-18-12-11-16(14(3)23)13-17(18)19(21(24)25-5-2)20(22)15-9-7-6-8-10-15/h6-13H,4-5H2,1-3H3. The lowest BCUT2D eigenvalue weighted by molar-refractivity contribution is 0.0529. The minimum absolute atomic E-state index is 0.0257. The van der Waals surface area contributed by atoms with E-state index in [0.717, 1.165) is 22.2 Å². The van der Waals surface area contributed by atoms with Crippen molar-refractivity contribution in [2.45, 2.75) is 27.3 Å². The van der Waals surface area contributed by atoms with Crippen molar-refractivity contribution in [1.82, 2.24) is 4.57 Å². The first-order valence-electron chi connectivity index (χ1n) is 8.48. The van der Waals surface area contributed by atoms with Crippen LogP contribution in [0.25, 0.3) is 22.2 Å². The summed E-state index contributed by atoms with van der Waals surface area (Å²) in [6, 6.07) is 15.3. The lowest BCUT2D eigenvalue weighted by atomic mass is 10.0. The summed E-state index contributed by atoms with van der Waals surface area (Å²) in [5, 5.41) is 0.756. The molecular weight excluding hydrogens is 314 g/mol. The van der Waals surface area contributed by atoms with Crippen molar-refractivity contribution in [1.29, 1.82) is 0 Å². The number of carbonyl (C=O) groups excluding carboxylic acids is 2. The Morgan fingerprint density at radius 3 is 2.36 bits per heavy atom. The molecule has 0 atom stereocenters. The van der Waals surface area contributed by atoms with Crippen LogP contribution in [0.2, 0.25) is 0 Å². The number of hydrogen-bond acceptors (Lipinski definition) is 3. The van der Waals surface area contributed by atoms with Crippen molar-refractivity contribution in [2.75, 3.05) is 6.61 Å². The zero-order valence-electron chi connectivity index (χ0n) is 14.7. The third kappa shape index (κ3) is 2.95. The number of aryl methyl sites for hydroxylation is 1. The summed E-state index contributed by atoms with van der Waals surface area (Å²) in [4.78, 5) is 24.5. The molecule has 1 heterocycles. The minimum Gasteiger partial charge on any atom is -0.462 e. The van der Waals surface area contributed by atoms with E-state index >= 15 is 0 Å². The van der Waals surface area contributed by atoms with Crippen LogP contribution >= 0.6 is 0 Å². The van der Waals surface area contributed by atoms with E-state index in [2.05, 4.69) is 4.57 Å². The average Bonchev–Trinajstić information content (AvgIpc) is 2.96. The topological polar surface area (TPSA) is 48.3 Å². The van der Waals surface area contributed by atoms with Gasteiger partial charge in [-0.2, -0.15) is 0 Å². The molecule has 0 aliphatic carbocycles. The van der Waals surface area contributed by atoms with Gasteiger partial charge in [-0.05, 0) is 44.5 Å². The van der Waals surface area contributed by atoms with Gasteiger partial charge in [-0.25, -0.2) is 4.79 Å². The van der Waals surface area contributed by atoms with Crippen molar-refractivity contribution in [2.24, 2.45) is 0 Å². The van der Waals surface area contributed by atoms with E-state index in [-0.39, 0.29) is 11.8 Å². The fourth-order valence-corrected chi connectivity index (χ4v) is 3.21. The van der Waals surface area contributed by atoms with Gasteiger partial charge >= 0.3 is 5.97 Å². The average molecular weight is 335 g/mol. The Morgan fingerprint density at radius 1 is 1.04 bits per heavy atom. The van der Waals surface area contributed by atoms with Gasteiger partial charge in [0.15, 0.2) is 5.78 Å². The SMILES string of the molecule is CCOC(=O)c1c(-c2ccccc2)n(CC)c2ccc(C(C)=O)cc12. The lowest BCUT2D eigenvalue weighted by Crippen LogP contribution is -2.07. The van der Waals surface area contributed by atoms with E-state index in [1.807, 2.05) is 43.3 Å². The minimum atomic E-state index is -0.362. The van der Waals surface area contributed by atoms with E-state index in [4.69, 9.17) is 4.74 Å². The lowest BCUT2D eigenvalue weighted by Gasteiger charge is -2.10. The van der Waals surface area contributed by atoms with Crippen LogP contribution in [-0.4, -0.2) is 22.9 Å². The van der Waals surface area contributed by atoms with Crippen molar-refractivity contribution in [3.63, 3.8) is 0 Å². The number of benzene rings is 2. The summed E-state index contributed by atoms with van der Waals surface area (Å²) in [6.07, 6.45) is 0. The number of hydrogen-bond donors (Lipinski definition) is 0. The second-order valence-electron chi connectivity index (χ2n) is 5.84. The number of ketones is 1. The Bertz CT molecular complexity index is 939. The molecule has 0 saturated heterocycles. The molecule has 0 spiro atoms. The molecule has 0 saturated carbocycles. The summed E-state index contributed by atoms with van der Waals surface area (Å²) in [6.45, 7) is 6.37. The summed E-state index contributed by atoms with van der Waals surface area (Å²) in [5.74, 6) is -0.388. The fourth-order valence-electron chi connectivity index (χ4n) is 3.21. The third-order valence-electron chi connectivity index (χ3n) is 4.31. The third-order valence-corrected chi connectivity index (χ3v) is 4.31. The van der Waals surface area contributed by atoms with Crippen LogP contribution < -0.4 is 0 Å². The number of nitrogens with zero attached hydrogens (tertiary/aromatic N) is 1. The van der Waals surface area contributed by atoms with Crippen LogP contribution in [-0.2, 0) is 11.3 Å². The van der Waals surface area contributed by atoms with Crippen molar-refractivity contribution in [3.05, 3.63) is 59.7 Å². The molecule has 0 unspecified atom stereocenters. The van der Waals surface area contributed by atoms with Gasteiger partial charge in [-0.1, -0.05) is 30.3 Å². The Balaban J connectivity index is 2.41. The molecule has 3 rings (SSSR count). The van der Waals surface area contributed by atoms with Crippen LogP contribution in [0.3, 0.4) is 0 Å². The maximum absolute atomic E-state index is 12.7. The van der Waals surface area contributed by atoms with Crippen molar-refractivity contribution in [3.8, 4) is 11.3 Å². The molecule has 0 aliphatic rings. The molecule has 0 bridgehead atoms. The number of Topliss-reactive ketones (excluding diaryl/α,β-unsaturated/α-hetero) is 1. The maximum atomic E-state index is 12.7. The Labute approximate surface area is 147 Å². The van der Waals surface area contributed by atoms with Gasteiger partial charge in [0.05, 0.1) is 17.9 Å². The first-order chi connectivity index (χ1) is 12.1. The van der Waals surface area contributed by atoms with Gasteiger partial charge < -0.3 is 9.30 Å².